The Morgan fingerprint density at radius 1 is 1.00 bits per heavy atom. The summed E-state index contributed by atoms with van der Waals surface area (Å²) < 4.78 is 12.8. The molecule has 0 bridgehead atoms. The van der Waals surface area contributed by atoms with Gasteiger partial charge in [-0.3, -0.25) is 9.59 Å². The average molecular weight is 419 g/mol. The summed E-state index contributed by atoms with van der Waals surface area (Å²) in [7, 11) is 0. The molecule has 7 nitrogen and oxygen atoms in total. The summed E-state index contributed by atoms with van der Waals surface area (Å²) in [4.78, 5) is 27.2. The quantitative estimate of drug-likeness (QED) is 0.685. The van der Waals surface area contributed by atoms with Gasteiger partial charge in [-0.1, -0.05) is 18.2 Å². The number of piperidine rings is 1. The average Bonchev–Trinajstić information content (AvgIpc) is 3.44. The Labute approximate surface area is 180 Å². The normalized spacial score (nSPS) is 15.9. The van der Waals surface area contributed by atoms with Crippen LogP contribution in [-0.4, -0.2) is 41.2 Å². The minimum absolute atomic E-state index is 0.00947. The topological polar surface area (TPSA) is 72.8 Å². The minimum atomic E-state index is -0.0946. The van der Waals surface area contributed by atoms with Gasteiger partial charge in [0, 0.05) is 55.4 Å². The fourth-order valence-corrected chi connectivity index (χ4v) is 4.32. The third-order valence-electron chi connectivity index (χ3n) is 6.11. The molecule has 1 saturated heterocycles. The van der Waals surface area contributed by atoms with Crippen molar-refractivity contribution in [2.75, 3.05) is 25.2 Å². The van der Waals surface area contributed by atoms with E-state index in [2.05, 4.69) is 28.1 Å². The van der Waals surface area contributed by atoms with Crippen LogP contribution in [0, 0.1) is 5.92 Å². The molecule has 0 radical (unpaired) electrons. The molecule has 2 aromatic carbocycles. The number of likely N-dealkylation sites (tertiary alicyclic amines) is 1. The number of rotatable bonds is 5. The van der Waals surface area contributed by atoms with Gasteiger partial charge in [-0.25, -0.2) is 0 Å². The number of nitrogens with zero attached hydrogens (tertiary/aromatic N) is 2. The highest BCUT2D eigenvalue weighted by Crippen LogP contribution is 2.34. The molecule has 3 aromatic rings. The van der Waals surface area contributed by atoms with E-state index in [1.165, 1.54) is 5.39 Å². The molecule has 0 spiro atoms. The second kappa shape index (κ2) is 8.34. The van der Waals surface area contributed by atoms with Gasteiger partial charge in [0.2, 0.25) is 18.6 Å². The molecule has 2 aliphatic heterocycles. The zero-order chi connectivity index (χ0) is 21.2. The number of nitrogens with one attached hydrogen (secondary N) is 1. The fourth-order valence-electron chi connectivity index (χ4n) is 4.32. The predicted octanol–water partition coefficient (Wildman–Crippen LogP) is 3.64. The number of aromatic nitrogens is 1. The van der Waals surface area contributed by atoms with Gasteiger partial charge in [-0.15, -0.1) is 0 Å². The molecule has 5 rings (SSSR count). The van der Waals surface area contributed by atoms with Gasteiger partial charge < -0.3 is 24.3 Å². The van der Waals surface area contributed by atoms with Gasteiger partial charge in [-0.2, -0.15) is 0 Å². The van der Waals surface area contributed by atoms with E-state index in [1.54, 1.807) is 12.1 Å². The van der Waals surface area contributed by atoms with Crippen LogP contribution < -0.4 is 14.8 Å². The standard InChI is InChI=1S/C24H25N3O4/c28-23(10-14-26-11-7-17-3-1-2-4-20(17)26)27-12-8-18(9-13-27)24(29)25-19-5-6-21-22(15-19)31-16-30-21/h1-7,11,15,18H,8-10,12-14,16H2,(H,25,29). The highest BCUT2D eigenvalue weighted by molar-refractivity contribution is 5.93. The molecule has 2 amide bonds. The van der Waals surface area contributed by atoms with E-state index in [9.17, 15) is 9.59 Å². The van der Waals surface area contributed by atoms with Crippen LogP contribution in [0.3, 0.4) is 0 Å². The van der Waals surface area contributed by atoms with Crippen molar-refractivity contribution in [1.29, 1.82) is 0 Å². The number of anilines is 1. The van der Waals surface area contributed by atoms with E-state index in [1.807, 2.05) is 29.3 Å². The Bertz CT molecular complexity index is 1110. The zero-order valence-corrected chi connectivity index (χ0v) is 17.3. The lowest BCUT2D eigenvalue weighted by Gasteiger charge is -2.31. The molecule has 3 heterocycles. The maximum atomic E-state index is 12.7. The summed E-state index contributed by atoms with van der Waals surface area (Å²) in [5, 5.41) is 4.15. The van der Waals surface area contributed by atoms with E-state index in [0.29, 0.717) is 56.1 Å². The number of hydrogen-bond acceptors (Lipinski definition) is 4. The van der Waals surface area contributed by atoms with E-state index >= 15 is 0 Å². The number of hydrogen-bond donors (Lipinski definition) is 1. The fraction of sp³-hybridized carbons (Fsp3) is 0.333. The molecule has 1 fully saturated rings. The van der Waals surface area contributed by atoms with Crippen LogP contribution in [0.25, 0.3) is 10.9 Å². The van der Waals surface area contributed by atoms with Crippen molar-refractivity contribution >= 4 is 28.4 Å². The van der Waals surface area contributed by atoms with Crippen molar-refractivity contribution in [3.05, 3.63) is 54.7 Å². The highest BCUT2D eigenvalue weighted by Gasteiger charge is 2.27. The number of ether oxygens (including phenoxy) is 2. The Balaban J connectivity index is 1.11. The van der Waals surface area contributed by atoms with Crippen molar-refractivity contribution in [1.82, 2.24) is 9.47 Å². The zero-order valence-electron chi connectivity index (χ0n) is 17.3. The number of benzene rings is 2. The predicted molar refractivity (Wildman–Crippen MR) is 117 cm³/mol. The van der Waals surface area contributed by atoms with Gasteiger partial charge in [0.25, 0.3) is 0 Å². The van der Waals surface area contributed by atoms with Crippen molar-refractivity contribution in [2.45, 2.75) is 25.8 Å². The summed E-state index contributed by atoms with van der Waals surface area (Å²) in [6, 6.07) is 15.7. The lowest BCUT2D eigenvalue weighted by atomic mass is 9.95. The van der Waals surface area contributed by atoms with E-state index in [0.717, 1.165) is 5.52 Å². The smallest absolute Gasteiger partial charge is 0.231 e. The van der Waals surface area contributed by atoms with Crippen molar-refractivity contribution in [3.63, 3.8) is 0 Å². The summed E-state index contributed by atoms with van der Waals surface area (Å²) in [5.41, 5.74) is 1.85. The maximum Gasteiger partial charge on any atom is 0.231 e. The van der Waals surface area contributed by atoms with Crippen LogP contribution in [0.5, 0.6) is 11.5 Å². The number of amides is 2. The summed E-state index contributed by atoms with van der Waals surface area (Å²) >= 11 is 0. The molecular formula is C24H25N3O4. The Morgan fingerprint density at radius 2 is 1.81 bits per heavy atom. The van der Waals surface area contributed by atoms with Crippen LogP contribution in [-0.2, 0) is 16.1 Å². The number of para-hydroxylation sites is 1. The number of carbonyl (C=O) groups is 2. The molecule has 2 aliphatic rings. The number of fused-ring (bicyclic) bond motifs is 2. The molecule has 1 N–H and O–H groups in total. The van der Waals surface area contributed by atoms with E-state index in [-0.39, 0.29) is 24.5 Å². The van der Waals surface area contributed by atoms with Gasteiger partial charge in [0.15, 0.2) is 11.5 Å². The van der Waals surface area contributed by atoms with Gasteiger partial charge in [0.1, 0.15) is 0 Å². The van der Waals surface area contributed by atoms with E-state index in [4.69, 9.17) is 9.47 Å². The first kappa shape index (κ1) is 19.5. The lowest BCUT2D eigenvalue weighted by Crippen LogP contribution is -2.41. The van der Waals surface area contributed by atoms with Gasteiger partial charge in [-0.05, 0) is 42.5 Å². The van der Waals surface area contributed by atoms with Gasteiger partial charge >= 0.3 is 0 Å². The molecular weight excluding hydrogens is 394 g/mol. The minimum Gasteiger partial charge on any atom is -0.454 e. The Morgan fingerprint density at radius 3 is 2.68 bits per heavy atom. The Kier molecular flexibility index (Phi) is 5.24. The maximum absolute atomic E-state index is 12.7. The molecule has 31 heavy (non-hydrogen) atoms. The number of carbonyl (C=O) groups excluding carboxylic acids is 2. The molecule has 0 unspecified atom stereocenters. The summed E-state index contributed by atoms with van der Waals surface area (Å²) in [5.74, 6) is 1.38. The molecule has 0 atom stereocenters. The second-order valence-electron chi connectivity index (χ2n) is 8.03. The van der Waals surface area contributed by atoms with Gasteiger partial charge in [0.05, 0.1) is 0 Å². The first-order valence-electron chi connectivity index (χ1n) is 10.7. The van der Waals surface area contributed by atoms with Crippen LogP contribution in [0.2, 0.25) is 0 Å². The van der Waals surface area contributed by atoms with E-state index < -0.39 is 0 Å². The van der Waals surface area contributed by atoms with Crippen LogP contribution in [0.4, 0.5) is 5.69 Å². The van der Waals surface area contributed by atoms with Crippen molar-refractivity contribution in [2.24, 2.45) is 5.92 Å². The van der Waals surface area contributed by atoms with Crippen LogP contribution in [0.1, 0.15) is 19.3 Å². The van der Waals surface area contributed by atoms with Crippen LogP contribution >= 0.6 is 0 Å². The molecule has 0 aliphatic carbocycles. The van der Waals surface area contributed by atoms with Crippen molar-refractivity contribution < 1.29 is 19.1 Å². The second-order valence-corrected chi connectivity index (χ2v) is 8.03. The number of aryl methyl sites for hydroxylation is 1. The lowest BCUT2D eigenvalue weighted by molar-refractivity contribution is -0.134. The first-order valence-corrected chi connectivity index (χ1v) is 10.7. The monoisotopic (exact) mass is 419 g/mol. The van der Waals surface area contributed by atoms with Crippen molar-refractivity contribution in [3.8, 4) is 11.5 Å². The Hall–Kier alpha value is -3.48. The summed E-state index contributed by atoms with van der Waals surface area (Å²) in [6.07, 6.45) is 3.85. The molecule has 7 heteroatoms. The largest absolute Gasteiger partial charge is 0.454 e. The molecule has 0 saturated carbocycles. The highest BCUT2D eigenvalue weighted by atomic mass is 16.7. The van der Waals surface area contributed by atoms with Crippen LogP contribution in [0.15, 0.2) is 54.7 Å². The third kappa shape index (κ3) is 4.08. The summed E-state index contributed by atoms with van der Waals surface area (Å²) in [6.45, 7) is 2.10. The molecule has 160 valence electrons. The SMILES string of the molecule is O=C(Nc1ccc2c(c1)OCO2)C1CCN(C(=O)CCn2ccc3ccccc32)CC1. The molecule has 1 aromatic heterocycles. The third-order valence-corrected chi connectivity index (χ3v) is 6.11. The first-order chi connectivity index (χ1) is 15.2.